The van der Waals surface area contributed by atoms with Gasteiger partial charge < -0.3 is 9.73 Å². The van der Waals surface area contributed by atoms with E-state index in [9.17, 15) is 4.79 Å². The Bertz CT molecular complexity index is 926. The molecule has 2 aromatic heterocycles. The van der Waals surface area contributed by atoms with Gasteiger partial charge in [0, 0.05) is 11.6 Å². The van der Waals surface area contributed by atoms with Crippen LogP contribution in [0.5, 0.6) is 0 Å². The minimum Gasteiger partial charge on any atom is -0.461 e. The molecule has 142 valence electrons. The molecule has 0 spiro atoms. The summed E-state index contributed by atoms with van der Waals surface area (Å²) in [4.78, 5) is 12.3. The van der Waals surface area contributed by atoms with E-state index in [4.69, 9.17) is 27.6 Å². The maximum absolute atomic E-state index is 12.3. The van der Waals surface area contributed by atoms with Gasteiger partial charge in [0.15, 0.2) is 16.7 Å². The Morgan fingerprint density at radius 3 is 2.78 bits per heavy atom. The molecule has 3 aromatic rings. The Morgan fingerprint density at radius 2 is 2.11 bits per heavy atom. The third-order valence-corrected chi connectivity index (χ3v) is 5.06. The maximum atomic E-state index is 12.3. The fraction of sp³-hybridized carbons (Fsp3) is 0.278. The lowest BCUT2D eigenvalue weighted by atomic mass is 10.2. The van der Waals surface area contributed by atoms with Gasteiger partial charge in [-0.15, -0.1) is 10.2 Å². The van der Waals surface area contributed by atoms with Crippen LogP contribution in [0.15, 0.2) is 46.2 Å². The summed E-state index contributed by atoms with van der Waals surface area (Å²) in [6.45, 7) is 4.93. The molecular formula is C18H18Cl2N4O2S. The molecule has 1 N–H and O–H groups in total. The monoisotopic (exact) mass is 424 g/mol. The van der Waals surface area contributed by atoms with E-state index in [0.717, 1.165) is 6.54 Å². The number of halogens is 2. The summed E-state index contributed by atoms with van der Waals surface area (Å²) in [7, 11) is 0. The maximum Gasteiger partial charge on any atom is 0.234 e. The van der Waals surface area contributed by atoms with Crippen LogP contribution in [0.4, 0.5) is 5.69 Å². The summed E-state index contributed by atoms with van der Waals surface area (Å²) < 4.78 is 7.41. The van der Waals surface area contributed by atoms with Crippen LogP contribution in [0.3, 0.4) is 0 Å². The number of carbonyl (C=O) groups is 1. The zero-order valence-corrected chi connectivity index (χ0v) is 17.1. The highest BCUT2D eigenvalue weighted by atomic mass is 35.5. The fourth-order valence-electron chi connectivity index (χ4n) is 2.42. The molecule has 6 nitrogen and oxygen atoms in total. The fourth-order valence-corrected chi connectivity index (χ4v) is 3.62. The number of thioether (sulfide) groups is 1. The second-order valence-corrected chi connectivity index (χ2v) is 8.04. The van der Waals surface area contributed by atoms with Crippen LogP contribution in [-0.4, -0.2) is 26.4 Å². The van der Waals surface area contributed by atoms with E-state index in [1.807, 2.05) is 10.6 Å². The largest absolute Gasteiger partial charge is 0.461 e. The van der Waals surface area contributed by atoms with E-state index >= 15 is 0 Å². The second kappa shape index (κ2) is 8.82. The molecular weight excluding hydrogens is 407 g/mol. The summed E-state index contributed by atoms with van der Waals surface area (Å²) in [5, 5.41) is 12.8. The Kier molecular flexibility index (Phi) is 6.46. The third kappa shape index (κ3) is 5.06. The number of anilines is 1. The van der Waals surface area contributed by atoms with Crippen LogP contribution in [-0.2, 0) is 11.3 Å². The van der Waals surface area contributed by atoms with Gasteiger partial charge >= 0.3 is 0 Å². The number of nitrogens with zero attached hydrogens (tertiary/aromatic N) is 3. The predicted octanol–water partition coefficient (Wildman–Crippen LogP) is 5.23. The van der Waals surface area contributed by atoms with Crippen molar-refractivity contribution in [3.63, 3.8) is 0 Å². The Balaban J connectivity index is 1.70. The van der Waals surface area contributed by atoms with Crippen molar-refractivity contribution in [3.8, 4) is 11.6 Å². The number of aromatic nitrogens is 3. The van der Waals surface area contributed by atoms with Crippen molar-refractivity contribution in [2.45, 2.75) is 25.5 Å². The van der Waals surface area contributed by atoms with Crippen molar-refractivity contribution >= 4 is 46.6 Å². The van der Waals surface area contributed by atoms with E-state index < -0.39 is 0 Å². The summed E-state index contributed by atoms with van der Waals surface area (Å²) in [6.07, 6.45) is 1.60. The molecule has 3 rings (SSSR count). The number of benzene rings is 1. The average Bonchev–Trinajstić information content (AvgIpc) is 3.25. The van der Waals surface area contributed by atoms with E-state index in [0.29, 0.717) is 38.4 Å². The van der Waals surface area contributed by atoms with Crippen LogP contribution >= 0.6 is 35.0 Å². The van der Waals surface area contributed by atoms with Gasteiger partial charge in [0.25, 0.3) is 0 Å². The first-order chi connectivity index (χ1) is 12.9. The molecule has 0 radical (unpaired) electrons. The molecule has 0 saturated carbocycles. The van der Waals surface area contributed by atoms with Crippen LogP contribution < -0.4 is 5.32 Å². The molecule has 0 saturated heterocycles. The molecule has 0 aliphatic carbocycles. The van der Waals surface area contributed by atoms with Gasteiger partial charge in [0.1, 0.15) is 0 Å². The lowest BCUT2D eigenvalue weighted by Gasteiger charge is -2.11. The predicted molar refractivity (Wildman–Crippen MR) is 108 cm³/mol. The number of hydrogen-bond acceptors (Lipinski definition) is 5. The van der Waals surface area contributed by atoms with Gasteiger partial charge in [0.2, 0.25) is 5.91 Å². The number of furan rings is 1. The minimum atomic E-state index is -0.192. The van der Waals surface area contributed by atoms with Crippen molar-refractivity contribution in [3.05, 3.63) is 46.6 Å². The van der Waals surface area contributed by atoms with E-state index in [-0.39, 0.29) is 11.7 Å². The Labute approximate surface area is 171 Å². The molecule has 0 aliphatic heterocycles. The molecule has 27 heavy (non-hydrogen) atoms. The first-order valence-corrected chi connectivity index (χ1v) is 10.0. The summed E-state index contributed by atoms with van der Waals surface area (Å²) in [5.41, 5.74) is 0.520. The smallest absolute Gasteiger partial charge is 0.234 e. The van der Waals surface area contributed by atoms with Gasteiger partial charge in [-0.05, 0) is 36.2 Å². The highest BCUT2D eigenvalue weighted by Crippen LogP contribution is 2.27. The van der Waals surface area contributed by atoms with Crippen LogP contribution in [0.25, 0.3) is 11.6 Å². The quantitative estimate of drug-likeness (QED) is 0.525. The van der Waals surface area contributed by atoms with Crippen LogP contribution in [0, 0.1) is 5.92 Å². The molecule has 0 unspecified atom stereocenters. The van der Waals surface area contributed by atoms with Crippen LogP contribution in [0.1, 0.15) is 13.8 Å². The number of hydrogen-bond donors (Lipinski definition) is 1. The lowest BCUT2D eigenvalue weighted by molar-refractivity contribution is -0.113. The number of nitrogens with one attached hydrogen (secondary N) is 1. The standard InChI is InChI=1S/C18H18Cl2N4O2S/c1-11(2)9-24-17(15-4-3-7-26-15)22-23-18(24)27-10-16(25)21-14-6-5-12(19)8-13(14)20/h3-8,11H,9-10H2,1-2H3,(H,21,25). The van der Waals surface area contributed by atoms with Gasteiger partial charge in [-0.3, -0.25) is 9.36 Å². The van der Waals surface area contributed by atoms with Gasteiger partial charge in [0.05, 0.1) is 22.7 Å². The number of rotatable bonds is 7. The molecule has 9 heteroatoms. The first-order valence-electron chi connectivity index (χ1n) is 8.29. The topological polar surface area (TPSA) is 73.0 Å². The van der Waals surface area contributed by atoms with Crippen LogP contribution in [0.2, 0.25) is 10.0 Å². The summed E-state index contributed by atoms with van der Waals surface area (Å²) >= 11 is 13.3. The molecule has 0 bridgehead atoms. The van der Waals surface area contributed by atoms with Crippen molar-refractivity contribution in [1.82, 2.24) is 14.8 Å². The molecule has 0 aliphatic rings. The SMILES string of the molecule is CC(C)Cn1c(SCC(=O)Nc2ccc(Cl)cc2Cl)nnc1-c1ccco1. The molecule has 2 heterocycles. The molecule has 1 amide bonds. The number of carbonyl (C=O) groups excluding carboxylic acids is 1. The second-order valence-electron chi connectivity index (χ2n) is 6.25. The summed E-state index contributed by atoms with van der Waals surface area (Å²) in [5.74, 6) is 1.66. The Morgan fingerprint density at radius 1 is 1.30 bits per heavy atom. The highest BCUT2D eigenvalue weighted by Gasteiger charge is 2.18. The minimum absolute atomic E-state index is 0.174. The van der Waals surface area contributed by atoms with Crippen molar-refractivity contribution < 1.29 is 9.21 Å². The molecule has 0 atom stereocenters. The van der Waals surface area contributed by atoms with Gasteiger partial charge in [-0.1, -0.05) is 48.8 Å². The molecule has 1 aromatic carbocycles. The summed E-state index contributed by atoms with van der Waals surface area (Å²) in [6, 6.07) is 8.57. The normalized spacial score (nSPS) is 11.1. The van der Waals surface area contributed by atoms with Crippen molar-refractivity contribution in [2.24, 2.45) is 5.92 Å². The van der Waals surface area contributed by atoms with Gasteiger partial charge in [-0.25, -0.2) is 0 Å². The van der Waals surface area contributed by atoms with E-state index in [1.165, 1.54) is 11.8 Å². The highest BCUT2D eigenvalue weighted by molar-refractivity contribution is 7.99. The van der Waals surface area contributed by atoms with Crippen molar-refractivity contribution in [1.29, 1.82) is 0 Å². The van der Waals surface area contributed by atoms with E-state index in [2.05, 4.69) is 29.4 Å². The van der Waals surface area contributed by atoms with Gasteiger partial charge in [-0.2, -0.15) is 0 Å². The zero-order valence-electron chi connectivity index (χ0n) is 14.8. The van der Waals surface area contributed by atoms with Crippen molar-refractivity contribution in [2.75, 3.05) is 11.1 Å². The first kappa shape index (κ1) is 19.8. The molecule has 0 fully saturated rings. The average molecular weight is 425 g/mol. The zero-order chi connectivity index (χ0) is 19.4. The third-order valence-electron chi connectivity index (χ3n) is 3.54. The lowest BCUT2D eigenvalue weighted by Crippen LogP contribution is -2.15. The number of amides is 1. The Hall–Kier alpha value is -1.96. The van der Waals surface area contributed by atoms with E-state index in [1.54, 1.807) is 30.5 Å².